The number of aromatic nitrogens is 1. The van der Waals surface area contributed by atoms with Gasteiger partial charge in [0, 0.05) is 18.0 Å². The van der Waals surface area contributed by atoms with Gasteiger partial charge < -0.3 is 9.15 Å². The molecule has 2 aromatic heterocycles. The summed E-state index contributed by atoms with van der Waals surface area (Å²) in [5.74, 6) is -1.37. The van der Waals surface area contributed by atoms with E-state index < -0.39 is 24.2 Å². The number of Topliss-reactive ketones (excluding diaryl/α,β-unsaturated/α-hetero) is 1. The molecule has 0 bridgehead atoms. The molecule has 0 unspecified atom stereocenters. The van der Waals surface area contributed by atoms with Crippen LogP contribution in [-0.4, -0.2) is 22.9 Å². The summed E-state index contributed by atoms with van der Waals surface area (Å²) in [5, 5.41) is 9.41. The van der Waals surface area contributed by atoms with Crippen molar-refractivity contribution in [2.45, 2.75) is 6.92 Å². The highest BCUT2D eigenvalue weighted by atomic mass is 19.1. The molecular formula is C19H13FN2O4. The molecule has 0 saturated carbocycles. The number of aryl methyl sites for hydroxylation is 1. The average Bonchev–Trinajstić information content (AvgIpc) is 3.27. The number of benzene rings is 1. The number of ether oxygens (including phenoxy) is 1. The highest BCUT2D eigenvalue weighted by Gasteiger charge is 2.26. The molecule has 3 aromatic rings. The molecule has 6 nitrogen and oxygen atoms in total. The van der Waals surface area contributed by atoms with Crippen molar-refractivity contribution in [1.29, 1.82) is 5.26 Å². The summed E-state index contributed by atoms with van der Waals surface area (Å²) in [6.45, 7) is 1.00. The van der Waals surface area contributed by atoms with E-state index in [0.717, 1.165) is 12.1 Å². The smallest absolute Gasteiger partial charge is 0.343 e. The van der Waals surface area contributed by atoms with Gasteiger partial charge in [0.2, 0.25) is 5.88 Å². The number of esters is 1. The predicted molar refractivity (Wildman–Crippen MR) is 88.5 cm³/mol. The number of carbonyl (C=O) groups excluding carboxylic acids is 2. The number of nitrogens with zero attached hydrogens (tertiary/aromatic N) is 2. The van der Waals surface area contributed by atoms with E-state index >= 15 is 0 Å². The molecule has 0 spiro atoms. The molecule has 26 heavy (non-hydrogen) atoms. The summed E-state index contributed by atoms with van der Waals surface area (Å²) in [6, 6.07) is 10.3. The molecular weight excluding hydrogens is 339 g/mol. The Morgan fingerprint density at radius 2 is 1.88 bits per heavy atom. The first kappa shape index (κ1) is 17.2. The fourth-order valence-electron chi connectivity index (χ4n) is 2.45. The van der Waals surface area contributed by atoms with Crippen LogP contribution in [0.15, 0.2) is 53.2 Å². The quantitative estimate of drug-likeness (QED) is 0.519. The lowest BCUT2D eigenvalue weighted by molar-refractivity contribution is 0.0472. The second kappa shape index (κ2) is 7.07. The SMILES string of the molecule is Cc1oc(-n2cccc2)c(C#N)c1C(=O)OCC(=O)c1ccc(F)cc1. The maximum atomic E-state index is 12.9. The minimum Gasteiger partial charge on any atom is -0.454 e. The molecule has 1 aromatic carbocycles. The lowest BCUT2D eigenvalue weighted by Crippen LogP contribution is -2.15. The van der Waals surface area contributed by atoms with Crippen LogP contribution in [0.1, 0.15) is 32.0 Å². The van der Waals surface area contributed by atoms with Gasteiger partial charge in [-0.15, -0.1) is 0 Å². The van der Waals surface area contributed by atoms with Crippen LogP contribution in [0.2, 0.25) is 0 Å². The van der Waals surface area contributed by atoms with Crippen LogP contribution >= 0.6 is 0 Å². The van der Waals surface area contributed by atoms with E-state index in [1.807, 2.05) is 6.07 Å². The van der Waals surface area contributed by atoms with E-state index in [1.54, 1.807) is 29.1 Å². The molecule has 0 aliphatic heterocycles. The standard InChI is InChI=1S/C19H13FN2O4/c1-12-17(15(10-21)18(26-12)22-8-2-3-9-22)19(24)25-11-16(23)13-4-6-14(20)7-5-13/h2-9H,11H2,1H3. The lowest BCUT2D eigenvalue weighted by Gasteiger charge is -2.04. The summed E-state index contributed by atoms with van der Waals surface area (Å²) < 4.78 is 25.0. The van der Waals surface area contributed by atoms with Crippen LogP contribution in [-0.2, 0) is 4.74 Å². The third-order valence-electron chi connectivity index (χ3n) is 3.72. The zero-order valence-electron chi connectivity index (χ0n) is 13.7. The predicted octanol–water partition coefficient (Wildman–Crippen LogP) is 3.43. The Morgan fingerprint density at radius 1 is 1.23 bits per heavy atom. The van der Waals surface area contributed by atoms with Gasteiger partial charge in [-0.25, -0.2) is 9.18 Å². The summed E-state index contributed by atoms with van der Waals surface area (Å²) >= 11 is 0. The van der Waals surface area contributed by atoms with Crippen LogP contribution in [0, 0.1) is 24.1 Å². The first-order valence-electron chi connectivity index (χ1n) is 7.64. The van der Waals surface area contributed by atoms with Crippen molar-refractivity contribution >= 4 is 11.8 Å². The molecule has 0 radical (unpaired) electrons. The van der Waals surface area contributed by atoms with Gasteiger partial charge >= 0.3 is 5.97 Å². The van der Waals surface area contributed by atoms with Gasteiger partial charge in [-0.3, -0.25) is 9.36 Å². The van der Waals surface area contributed by atoms with E-state index in [-0.39, 0.29) is 28.3 Å². The molecule has 130 valence electrons. The lowest BCUT2D eigenvalue weighted by atomic mass is 10.1. The van der Waals surface area contributed by atoms with Gasteiger partial charge in [-0.1, -0.05) is 0 Å². The molecule has 7 heteroatoms. The second-order valence-corrected chi connectivity index (χ2v) is 5.42. The van der Waals surface area contributed by atoms with Gasteiger partial charge in [-0.05, 0) is 43.3 Å². The number of ketones is 1. The zero-order chi connectivity index (χ0) is 18.7. The Bertz CT molecular complexity index is 996. The van der Waals surface area contributed by atoms with Crippen molar-refractivity contribution in [1.82, 2.24) is 4.57 Å². The fourth-order valence-corrected chi connectivity index (χ4v) is 2.45. The average molecular weight is 352 g/mol. The third-order valence-corrected chi connectivity index (χ3v) is 3.72. The van der Waals surface area contributed by atoms with Gasteiger partial charge in [0.25, 0.3) is 0 Å². The molecule has 0 N–H and O–H groups in total. The van der Waals surface area contributed by atoms with E-state index in [1.165, 1.54) is 19.1 Å². The van der Waals surface area contributed by atoms with Crippen LogP contribution in [0.5, 0.6) is 0 Å². The van der Waals surface area contributed by atoms with E-state index in [4.69, 9.17) is 9.15 Å². The van der Waals surface area contributed by atoms with Crippen molar-refractivity contribution in [2.75, 3.05) is 6.61 Å². The largest absolute Gasteiger partial charge is 0.454 e. The van der Waals surface area contributed by atoms with E-state index in [9.17, 15) is 19.2 Å². The van der Waals surface area contributed by atoms with E-state index in [2.05, 4.69) is 0 Å². The Labute approximate surface area is 148 Å². The summed E-state index contributed by atoms with van der Waals surface area (Å²) in [4.78, 5) is 24.4. The van der Waals surface area contributed by atoms with Crippen LogP contribution in [0.3, 0.4) is 0 Å². The van der Waals surface area contributed by atoms with Crippen molar-refractivity contribution in [2.24, 2.45) is 0 Å². The van der Waals surface area contributed by atoms with Crippen molar-refractivity contribution < 1.29 is 23.1 Å². The number of hydrogen-bond donors (Lipinski definition) is 0. The third kappa shape index (κ3) is 3.26. The number of furan rings is 1. The molecule has 0 fully saturated rings. The molecule has 0 aliphatic rings. The van der Waals surface area contributed by atoms with Crippen molar-refractivity contribution in [3.63, 3.8) is 0 Å². The fraction of sp³-hybridized carbons (Fsp3) is 0.105. The van der Waals surface area contributed by atoms with Crippen LogP contribution < -0.4 is 0 Å². The maximum Gasteiger partial charge on any atom is 0.343 e. The Balaban J connectivity index is 1.79. The minimum absolute atomic E-state index is 0.0249. The van der Waals surface area contributed by atoms with Gasteiger partial charge in [0.1, 0.15) is 28.8 Å². The first-order chi connectivity index (χ1) is 12.5. The molecule has 0 atom stereocenters. The Morgan fingerprint density at radius 3 is 2.50 bits per heavy atom. The minimum atomic E-state index is -0.836. The molecule has 0 amide bonds. The summed E-state index contributed by atoms with van der Waals surface area (Å²) in [5.41, 5.74) is 0.220. The van der Waals surface area contributed by atoms with Gasteiger partial charge in [0.15, 0.2) is 12.4 Å². The van der Waals surface area contributed by atoms with Gasteiger partial charge in [0.05, 0.1) is 0 Å². The van der Waals surface area contributed by atoms with Crippen LogP contribution in [0.25, 0.3) is 5.88 Å². The van der Waals surface area contributed by atoms with Gasteiger partial charge in [-0.2, -0.15) is 5.26 Å². The maximum absolute atomic E-state index is 12.9. The highest BCUT2D eigenvalue weighted by Crippen LogP contribution is 2.26. The number of halogens is 1. The topological polar surface area (TPSA) is 85.2 Å². The van der Waals surface area contributed by atoms with Crippen molar-refractivity contribution in [3.05, 3.63) is 77.1 Å². The number of carbonyl (C=O) groups is 2. The molecule has 0 saturated heterocycles. The highest BCUT2D eigenvalue weighted by molar-refractivity contribution is 6.00. The number of hydrogen-bond acceptors (Lipinski definition) is 5. The Kier molecular flexibility index (Phi) is 4.67. The summed E-state index contributed by atoms with van der Waals surface area (Å²) in [6.07, 6.45) is 3.35. The number of rotatable bonds is 5. The first-order valence-corrected chi connectivity index (χ1v) is 7.64. The number of nitriles is 1. The zero-order valence-corrected chi connectivity index (χ0v) is 13.7. The van der Waals surface area contributed by atoms with E-state index in [0.29, 0.717) is 0 Å². The van der Waals surface area contributed by atoms with Crippen molar-refractivity contribution in [3.8, 4) is 12.0 Å². The molecule has 2 heterocycles. The summed E-state index contributed by atoms with van der Waals surface area (Å²) in [7, 11) is 0. The van der Waals surface area contributed by atoms with Crippen LogP contribution in [0.4, 0.5) is 4.39 Å². The normalized spacial score (nSPS) is 10.3. The second-order valence-electron chi connectivity index (χ2n) is 5.42. The molecule has 0 aliphatic carbocycles. The Hall–Kier alpha value is -3.66. The monoisotopic (exact) mass is 352 g/mol. The molecule has 3 rings (SSSR count).